The van der Waals surface area contributed by atoms with Gasteiger partial charge in [-0.05, 0) is 56.9 Å². The van der Waals surface area contributed by atoms with Crippen LogP contribution in [0.3, 0.4) is 0 Å². The van der Waals surface area contributed by atoms with E-state index in [0.29, 0.717) is 5.56 Å². The summed E-state index contributed by atoms with van der Waals surface area (Å²) < 4.78 is 5.35. The fourth-order valence-electron chi connectivity index (χ4n) is 3.75. The van der Waals surface area contributed by atoms with E-state index in [0.717, 1.165) is 35.9 Å². The van der Waals surface area contributed by atoms with Crippen molar-refractivity contribution in [3.63, 3.8) is 0 Å². The minimum atomic E-state index is -0.641. The molecular weight excluding hydrogens is 304 g/mol. The van der Waals surface area contributed by atoms with Gasteiger partial charge >= 0.3 is 0 Å². The molecule has 1 aromatic carbocycles. The summed E-state index contributed by atoms with van der Waals surface area (Å²) in [6.07, 6.45) is 1.75. The summed E-state index contributed by atoms with van der Waals surface area (Å²) in [6.45, 7) is 4.09. The van der Waals surface area contributed by atoms with E-state index < -0.39 is 6.10 Å². The minimum Gasteiger partial charge on any atom is -0.388 e. The average Bonchev–Trinajstić information content (AvgIpc) is 2.88. The van der Waals surface area contributed by atoms with Crippen LogP contribution in [0.25, 0.3) is 10.9 Å². The molecule has 1 saturated carbocycles. The quantitative estimate of drug-likeness (QED) is 0.909. The number of ether oxygens (including phenoxy) is 1. The lowest BCUT2D eigenvalue weighted by Gasteiger charge is -2.39. The maximum atomic E-state index is 12.9. The van der Waals surface area contributed by atoms with Crippen LogP contribution in [0.15, 0.2) is 18.2 Å². The molecule has 3 rings (SSSR count). The molecule has 0 spiro atoms. The largest absolute Gasteiger partial charge is 0.388 e. The van der Waals surface area contributed by atoms with Crippen LogP contribution < -0.4 is 0 Å². The van der Waals surface area contributed by atoms with Gasteiger partial charge in [0.2, 0.25) is 0 Å². The van der Waals surface area contributed by atoms with E-state index in [1.54, 1.807) is 19.1 Å². The number of benzene rings is 1. The van der Waals surface area contributed by atoms with E-state index in [-0.39, 0.29) is 18.1 Å². The molecule has 1 amide bonds. The van der Waals surface area contributed by atoms with Gasteiger partial charge in [-0.25, -0.2) is 0 Å². The van der Waals surface area contributed by atoms with E-state index in [2.05, 4.69) is 11.9 Å². The zero-order valence-electron chi connectivity index (χ0n) is 14.8. The minimum absolute atomic E-state index is 0.0593. The Morgan fingerprint density at radius 3 is 2.79 bits per heavy atom. The van der Waals surface area contributed by atoms with Crippen molar-refractivity contribution in [3.05, 3.63) is 35.0 Å². The highest BCUT2D eigenvalue weighted by molar-refractivity contribution is 5.99. The number of aromatic amines is 1. The summed E-state index contributed by atoms with van der Waals surface area (Å²) in [7, 11) is 3.39. The predicted molar refractivity (Wildman–Crippen MR) is 94.3 cm³/mol. The Hall–Kier alpha value is -1.85. The van der Waals surface area contributed by atoms with Gasteiger partial charge in [-0.3, -0.25) is 4.79 Å². The van der Waals surface area contributed by atoms with Crippen LogP contribution in [-0.4, -0.2) is 53.3 Å². The van der Waals surface area contributed by atoms with Gasteiger partial charge in [0, 0.05) is 36.3 Å². The summed E-state index contributed by atoms with van der Waals surface area (Å²) >= 11 is 0. The lowest BCUT2D eigenvalue weighted by Crippen LogP contribution is -2.52. The summed E-state index contributed by atoms with van der Waals surface area (Å²) in [5.74, 6) is -0.0593. The normalized spacial score (nSPS) is 24.3. The molecule has 1 aromatic heterocycles. The van der Waals surface area contributed by atoms with E-state index in [1.165, 1.54) is 5.56 Å². The van der Waals surface area contributed by atoms with E-state index in [9.17, 15) is 9.90 Å². The van der Waals surface area contributed by atoms with Gasteiger partial charge in [0.05, 0.1) is 12.1 Å². The predicted octanol–water partition coefficient (Wildman–Crippen LogP) is 2.79. The number of hydrogen-bond donors (Lipinski definition) is 2. The Morgan fingerprint density at radius 2 is 2.08 bits per heavy atom. The number of hydrogen-bond acceptors (Lipinski definition) is 3. The first kappa shape index (κ1) is 17.0. The maximum absolute atomic E-state index is 12.9. The second-order valence-electron chi connectivity index (χ2n) is 6.81. The van der Waals surface area contributed by atoms with Crippen LogP contribution in [0.2, 0.25) is 0 Å². The van der Waals surface area contributed by atoms with Crippen molar-refractivity contribution in [2.45, 2.75) is 51.4 Å². The number of likely N-dealkylation sites (N-methyl/N-ethyl adjacent to an activating group) is 1. The number of fused-ring (bicyclic) bond motifs is 1. The highest BCUT2D eigenvalue weighted by Crippen LogP contribution is 2.27. The van der Waals surface area contributed by atoms with Crippen molar-refractivity contribution in [2.75, 3.05) is 14.2 Å². The molecule has 1 aliphatic carbocycles. The van der Waals surface area contributed by atoms with E-state index in [4.69, 9.17) is 4.74 Å². The number of aromatic nitrogens is 1. The van der Waals surface area contributed by atoms with Crippen LogP contribution in [-0.2, 0) is 4.74 Å². The standard InChI is InChI=1S/C19H26N2O3/c1-11-12(2)20-15-9-8-13(10-14(11)15)19(23)21(3)16-6-5-7-17(24-4)18(16)22/h8-10,16-18,20,22H,5-7H2,1-4H3/t16-,17-,18-/m1/s1. The maximum Gasteiger partial charge on any atom is 0.253 e. The molecule has 0 bridgehead atoms. The number of aliphatic hydroxyl groups is 1. The molecule has 3 atom stereocenters. The number of carbonyl (C=O) groups excluding carboxylic acids is 1. The Kier molecular flexibility index (Phi) is 4.65. The van der Waals surface area contributed by atoms with E-state index >= 15 is 0 Å². The van der Waals surface area contributed by atoms with Crippen LogP contribution in [0.5, 0.6) is 0 Å². The summed E-state index contributed by atoms with van der Waals surface area (Å²) in [6, 6.07) is 5.53. The molecule has 5 nitrogen and oxygen atoms in total. The van der Waals surface area contributed by atoms with Crippen LogP contribution >= 0.6 is 0 Å². The number of rotatable bonds is 3. The average molecular weight is 330 g/mol. The van der Waals surface area contributed by atoms with Gasteiger partial charge in [-0.1, -0.05) is 0 Å². The van der Waals surface area contributed by atoms with E-state index in [1.807, 2.05) is 25.1 Å². The second-order valence-corrected chi connectivity index (χ2v) is 6.81. The summed E-state index contributed by atoms with van der Waals surface area (Å²) in [5.41, 5.74) is 3.98. The molecule has 0 unspecified atom stereocenters. The first-order valence-electron chi connectivity index (χ1n) is 8.51. The van der Waals surface area contributed by atoms with Gasteiger partial charge < -0.3 is 19.7 Å². The Labute approximate surface area is 142 Å². The third kappa shape index (κ3) is 2.82. The van der Waals surface area contributed by atoms with Crippen molar-refractivity contribution in [1.82, 2.24) is 9.88 Å². The number of nitrogens with zero attached hydrogens (tertiary/aromatic N) is 1. The second kappa shape index (κ2) is 6.57. The van der Waals surface area contributed by atoms with Crippen molar-refractivity contribution < 1.29 is 14.6 Å². The number of aryl methyl sites for hydroxylation is 2. The lowest BCUT2D eigenvalue weighted by atomic mass is 9.88. The Bertz CT molecular complexity index is 752. The SMILES string of the molecule is CO[C@@H]1CCC[C@@H](N(C)C(=O)c2ccc3[nH]c(C)c(C)c3c2)[C@H]1O. The number of methoxy groups -OCH3 is 1. The highest BCUT2D eigenvalue weighted by atomic mass is 16.5. The van der Waals surface area contributed by atoms with Gasteiger partial charge in [-0.15, -0.1) is 0 Å². The monoisotopic (exact) mass is 330 g/mol. The van der Waals surface area contributed by atoms with Gasteiger partial charge in [0.1, 0.15) is 6.10 Å². The van der Waals surface area contributed by atoms with Crippen LogP contribution in [0, 0.1) is 13.8 Å². The molecule has 1 heterocycles. The number of aliphatic hydroxyl groups excluding tert-OH is 1. The van der Waals surface area contributed by atoms with Crippen LogP contribution in [0.1, 0.15) is 40.9 Å². The molecule has 0 saturated heterocycles. The number of amides is 1. The number of H-pyrrole nitrogens is 1. The van der Waals surface area contributed by atoms with Gasteiger partial charge in [0.15, 0.2) is 0 Å². The smallest absolute Gasteiger partial charge is 0.253 e. The third-order valence-electron chi connectivity index (χ3n) is 5.44. The zero-order chi connectivity index (χ0) is 17.4. The molecule has 0 radical (unpaired) electrons. The van der Waals surface area contributed by atoms with Gasteiger partial charge in [0.25, 0.3) is 5.91 Å². The van der Waals surface area contributed by atoms with Crippen molar-refractivity contribution >= 4 is 16.8 Å². The first-order chi connectivity index (χ1) is 11.4. The van der Waals surface area contributed by atoms with Gasteiger partial charge in [-0.2, -0.15) is 0 Å². The molecule has 2 N–H and O–H groups in total. The molecule has 1 fully saturated rings. The molecule has 2 aromatic rings. The fraction of sp³-hybridized carbons (Fsp3) is 0.526. The first-order valence-corrected chi connectivity index (χ1v) is 8.51. The lowest BCUT2D eigenvalue weighted by molar-refractivity contribution is -0.0714. The van der Waals surface area contributed by atoms with Crippen molar-refractivity contribution in [3.8, 4) is 0 Å². The third-order valence-corrected chi connectivity index (χ3v) is 5.44. The zero-order valence-corrected chi connectivity index (χ0v) is 14.8. The van der Waals surface area contributed by atoms with Crippen molar-refractivity contribution in [2.24, 2.45) is 0 Å². The summed E-state index contributed by atoms with van der Waals surface area (Å²) in [4.78, 5) is 17.9. The Balaban J connectivity index is 1.86. The molecule has 24 heavy (non-hydrogen) atoms. The highest BCUT2D eigenvalue weighted by Gasteiger charge is 2.36. The summed E-state index contributed by atoms with van der Waals surface area (Å²) in [5, 5.41) is 11.6. The topological polar surface area (TPSA) is 65.6 Å². The van der Waals surface area contributed by atoms with Crippen molar-refractivity contribution in [1.29, 1.82) is 0 Å². The fourth-order valence-corrected chi connectivity index (χ4v) is 3.75. The Morgan fingerprint density at radius 1 is 1.33 bits per heavy atom. The van der Waals surface area contributed by atoms with Crippen LogP contribution in [0.4, 0.5) is 0 Å². The molecular formula is C19H26N2O3. The number of nitrogens with one attached hydrogen (secondary N) is 1. The molecule has 5 heteroatoms. The number of carbonyl (C=O) groups is 1. The molecule has 1 aliphatic rings. The molecule has 130 valence electrons. The molecule has 0 aliphatic heterocycles.